The van der Waals surface area contributed by atoms with Crippen LogP contribution in [0.4, 0.5) is 0 Å². The number of carbonyl (C=O) groups excluding carboxylic acids is 2. The molecule has 0 aromatic heterocycles. The summed E-state index contributed by atoms with van der Waals surface area (Å²) in [5.41, 5.74) is 7.03. The maximum atomic E-state index is 12.5. The molecule has 2 fully saturated rings. The summed E-state index contributed by atoms with van der Waals surface area (Å²) in [4.78, 5) is 28.8. The smallest absolute Gasteiger partial charge is 0.227 e. The highest BCUT2D eigenvalue weighted by molar-refractivity contribution is 5.80. The number of nitrogens with two attached hydrogens (primary N) is 1. The topological polar surface area (TPSA) is 75.9 Å². The summed E-state index contributed by atoms with van der Waals surface area (Å²) in [5, 5.41) is 0. The van der Waals surface area contributed by atoms with Crippen LogP contribution in [0.25, 0.3) is 0 Å². The van der Waals surface area contributed by atoms with E-state index in [9.17, 15) is 9.59 Å². The Hall–Kier alpha value is -2.08. The van der Waals surface area contributed by atoms with Gasteiger partial charge in [-0.05, 0) is 36.5 Å². The third-order valence-corrected chi connectivity index (χ3v) is 5.63. The van der Waals surface area contributed by atoms with Crippen molar-refractivity contribution in [1.29, 1.82) is 0 Å². The van der Waals surface area contributed by atoms with Crippen molar-refractivity contribution in [2.75, 3.05) is 33.3 Å². The molecule has 1 saturated carbocycles. The molecule has 3 rings (SSSR count). The molecule has 2 atom stereocenters. The van der Waals surface area contributed by atoms with Crippen LogP contribution in [0.1, 0.15) is 31.2 Å². The number of amides is 2. The SMILES string of the molecule is COc1cccc(CC(=O)N2CCN(C(=O)C[C@@H]3CCC[C@H]3N)CC2)c1. The summed E-state index contributed by atoms with van der Waals surface area (Å²) >= 11 is 0. The Labute approximate surface area is 155 Å². The number of benzene rings is 1. The Kier molecular flexibility index (Phi) is 6.14. The quantitative estimate of drug-likeness (QED) is 0.863. The molecule has 2 aliphatic rings. The fourth-order valence-corrected chi connectivity index (χ4v) is 3.95. The molecule has 6 heteroatoms. The van der Waals surface area contributed by atoms with Crippen molar-refractivity contribution in [2.24, 2.45) is 11.7 Å². The molecule has 0 spiro atoms. The molecule has 1 saturated heterocycles. The van der Waals surface area contributed by atoms with E-state index >= 15 is 0 Å². The Morgan fingerprint density at radius 3 is 2.42 bits per heavy atom. The van der Waals surface area contributed by atoms with E-state index in [-0.39, 0.29) is 17.9 Å². The molecule has 1 aliphatic heterocycles. The molecule has 1 heterocycles. The average Bonchev–Trinajstić information content (AvgIpc) is 3.06. The molecule has 2 amide bonds. The van der Waals surface area contributed by atoms with Gasteiger partial charge in [0.1, 0.15) is 5.75 Å². The number of carbonyl (C=O) groups is 2. The molecule has 6 nitrogen and oxygen atoms in total. The number of hydrogen-bond donors (Lipinski definition) is 1. The van der Waals surface area contributed by atoms with Crippen molar-refractivity contribution >= 4 is 11.8 Å². The van der Waals surface area contributed by atoms with E-state index in [2.05, 4.69) is 0 Å². The second-order valence-corrected chi connectivity index (χ2v) is 7.35. The predicted molar refractivity (Wildman–Crippen MR) is 99.8 cm³/mol. The lowest BCUT2D eigenvalue weighted by molar-refractivity contribution is -0.139. The van der Waals surface area contributed by atoms with Gasteiger partial charge in [-0.1, -0.05) is 18.6 Å². The fraction of sp³-hybridized carbons (Fsp3) is 0.600. The molecule has 0 radical (unpaired) electrons. The first-order chi connectivity index (χ1) is 12.6. The fourth-order valence-electron chi connectivity index (χ4n) is 3.95. The number of hydrogen-bond acceptors (Lipinski definition) is 4. The van der Waals surface area contributed by atoms with Crippen LogP contribution in [-0.2, 0) is 16.0 Å². The van der Waals surface area contributed by atoms with E-state index < -0.39 is 0 Å². The number of methoxy groups -OCH3 is 1. The van der Waals surface area contributed by atoms with Crippen LogP contribution in [0.2, 0.25) is 0 Å². The second kappa shape index (κ2) is 8.54. The third-order valence-electron chi connectivity index (χ3n) is 5.63. The van der Waals surface area contributed by atoms with Crippen molar-refractivity contribution in [3.05, 3.63) is 29.8 Å². The molecule has 1 aromatic carbocycles. The summed E-state index contributed by atoms with van der Waals surface area (Å²) in [5.74, 6) is 1.38. The summed E-state index contributed by atoms with van der Waals surface area (Å²) in [6.45, 7) is 2.44. The van der Waals surface area contributed by atoms with Gasteiger partial charge in [-0.15, -0.1) is 0 Å². The van der Waals surface area contributed by atoms with Crippen LogP contribution in [-0.4, -0.2) is 60.9 Å². The highest BCUT2D eigenvalue weighted by Gasteiger charge is 2.30. The molecule has 0 bridgehead atoms. The molecule has 1 aliphatic carbocycles. The minimum Gasteiger partial charge on any atom is -0.497 e. The number of nitrogens with zero attached hydrogens (tertiary/aromatic N) is 2. The van der Waals surface area contributed by atoms with Gasteiger partial charge >= 0.3 is 0 Å². The van der Waals surface area contributed by atoms with Crippen molar-refractivity contribution < 1.29 is 14.3 Å². The van der Waals surface area contributed by atoms with Gasteiger partial charge in [0.05, 0.1) is 13.5 Å². The van der Waals surface area contributed by atoms with Crippen molar-refractivity contribution in [2.45, 2.75) is 38.1 Å². The lowest BCUT2D eigenvalue weighted by Crippen LogP contribution is -2.51. The van der Waals surface area contributed by atoms with Gasteiger partial charge in [0.15, 0.2) is 0 Å². The first-order valence-electron chi connectivity index (χ1n) is 9.51. The van der Waals surface area contributed by atoms with Crippen LogP contribution in [0.5, 0.6) is 5.75 Å². The van der Waals surface area contributed by atoms with Gasteiger partial charge < -0.3 is 20.3 Å². The lowest BCUT2D eigenvalue weighted by atomic mass is 9.99. The van der Waals surface area contributed by atoms with Gasteiger partial charge in [0.2, 0.25) is 11.8 Å². The van der Waals surface area contributed by atoms with Crippen LogP contribution in [0.3, 0.4) is 0 Å². The molecular formula is C20H29N3O3. The zero-order valence-electron chi connectivity index (χ0n) is 15.5. The van der Waals surface area contributed by atoms with Gasteiger partial charge in [-0.3, -0.25) is 9.59 Å². The van der Waals surface area contributed by atoms with E-state index in [0.29, 0.717) is 44.9 Å². The molecule has 1 aromatic rings. The van der Waals surface area contributed by atoms with Crippen molar-refractivity contribution in [3.8, 4) is 5.75 Å². The predicted octanol–water partition coefficient (Wildman–Crippen LogP) is 1.43. The molecule has 0 unspecified atom stereocenters. The number of ether oxygens (including phenoxy) is 1. The summed E-state index contributed by atoms with van der Waals surface area (Å²) < 4.78 is 5.21. The summed E-state index contributed by atoms with van der Waals surface area (Å²) in [6.07, 6.45) is 4.14. The maximum Gasteiger partial charge on any atom is 0.227 e. The molecular weight excluding hydrogens is 330 g/mol. The first-order valence-corrected chi connectivity index (χ1v) is 9.51. The minimum absolute atomic E-state index is 0.100. The second-order valence-electron chi connectivity index (χ2n) is 7.35. The maximum absolute atomic E-state index is 12.5. The van der Waals surface area contributed by atoms with E-state index in [0.717, 1.165) is 30.6 Å². The normalized spacial score (nSPS) is 23.2. The van der Waals surface area contributed by atoms with Gasteiger partial charge in [-0.25, -0.2) is 0 Å². The van der Waals surface area contributed by atoms with E-state index in [4.69, 9.17) is 10.5 Å². The zero-order valence-corrected chi connectivity index (χ0v) is 15.5. The largest absolute Gasteiger partial charge is 0.497 e. The summed E-state index contributed by atoms with van der Waals surface area (Å²) in [7, 11) is 1.62. The monoisotopic (exact) mass is 359 g/mol. The molecule has 26 heavy (non-hydrogen) atoms. The van der Waals surface area contributed by atoms with E-state index in [1.165, 1.54) is 0 Å². The number of rotatable bonds is 5. The van der Waals surface area contributed by atoms with Crippen LogP contribution in [0, 0.1) is 5.92 Å². The van der Waals surface area contributed by atoms with Crippen molar-refractivity contribution in [1.82, 2.24) is 9.80 Å². The molecule has 2 N–H and O–H groups in total. The Balaban J connectivity index is 1.46. The highest BCUT2D eigenvalue weighted by atomic mass is 16.5. The standard InChI is InChI=1S/C20H29N3O3/c1-26-17-6-2-4-15(12-17)13-19(24)22-8-10-23(11-9-22)20(25)14-16-5-3-7-18(16)21/h2,4,6,12,16,18H,3,5,7-11,13-14,21H2,1H3/t16-,18+/m0/s1. The lowest BCUT2D eigenvalue weighted by Gasteiger charge is -2.35. The first kappa shape index (κ1) is 18.7. The Bertz CT molecular complexity index is 641. The van der Waals surface area contributed by atoms with E-state index in [1.807, 2.05) is 34.1 Å². The zero-order chi connectivity index (χ0) is 18.5. The molecule has 142 valence electrons. The van der Waals surface area contributed by atoms with Gasteiger partial charge in [0, 0.05) is 38.6 Å². The van der Waals surface area contributed by atoms with Crippen molar-refractivity contribution in [3.63, 3.8) is 0 Å². The average molecular weight is 359 g/mol. The van der Waals surface area contributed by atoms with Gasteiger partial charge in [-0.2, -0.15) is 0 Å². The third kappa shape index (κ3) is 4.55. The van der Waals surface area contributed by atoms with Crippen LogP contribution in [0.15, 0.2) is 24.3 Å². The minimum atomic E-state index is 0.100. The van der Waals surface area contributed by atoms with E-state index in [1.54, 1.807) is 7.11 Å². The highest BCUT2D eigenvalue weighted by Crippen LogP contribution is 2.27. The van der Waals surface area contributed by atoms with Crippen LogP contribution >= 0.6 is 0 Å². The number of piperazine rings is 1. The van der Waals surface area contributed by atoms with Gasteiger partial charge in [0.25, 0.3) is 0 Å². The Morgan fingerprint density at radius 2 is 1.81 bits per heavy atom. The Morgan fingerprint density at radius 1 is 1.12 bits per heavy atom. The van der Waals surface area contributed by atoms with Crippen LogP contribution < -0.4 is 10.5 Å². The summed E-state index contributed by atoms with van der Waals surface area (Å²) in [6, 6.07) is 7.76.